The standard InChI is InChI=1S/C23H21N3O2/c1-2-14-3-5-15(6-4-14)21(27)16-7-9-17(10-8-16)23-25-19-12-11-18(22(24)28)13-20(19)26-23/h3-13,21,27H,2H2,1H3,(H2,24,28)(H,25,26). The molecule has 1 heterocycles. The first-order valence-electron chi connectivity index (χ1n) is 9.22. The maximum absolute atomic E-state index is 11.3. The highest BCUT2D eigenvalue weighted by molar-refractivity contribution is 5.96. The van der Waals surface area contributed by atoms with Crippen LogP contribution in [0.25, 0.3) is 22.4 Å². The molecule has 0 fully saturated rings. The highest BCUT2D eigenvalue weighted by atomic mass is 16.3. The van der Waals surface area contributed by atoms with Gasteiger partial charge in [-0.15, -0.1) is 0 Å². The Bertz CT molecular complexity index is 1130. The number of fused-ring (bicyclic) bond motifs is 1. The summed E-state index contributed by atoms with van der Waals surface area (Å²) < 4.78 is 0. The molecule has 4 aromatic rings. The summed E-state index contributed by atoms with van der Waals surface area (Å²) in [5.74, 6) is 0.224. The third-order valence-corrected chi connectivity index (χ3v) is 4.97. The molecule has 5 nitrogen and oxygen atoms in total. The molecule has 4 N–H and O–H groups in total. The molecule has 140 valence electrons. The normalized spacial score (nSPS) is 12.2. The second kappa shape index (κ2) is 7.29. The highest BCUT2D eigenvalue weighted by Gasteiger charge is 2.12. The summed E-state index contributed by atoms with van der Waals surface area (Å²) in [6.45, 7) is 2.11. The molecule has 0 aliphatic carbocycles. The van der Waals surface area contributed by atoms with Crippen molar-refractivity contribution in [2.24, 2.45) is 5.73 Å². The molecule has 1 unspecified atom stereocenters. The highest BCUT2D eigenvalue weighted by Crippen LogP contribution is 2.26. The monoisotopic (exact) mass is 371 g/mol. The second-order valence-electron chi connectivity index (χ2n) is 6.80. The fourth-order valence-electron chi connectivity index (χ4n) is 3.25. The van der Waals surface area contributed by atoms with E-state index in [9.17, 15) is 9.90 Å². The van der Waals surface area contributed by atoms with Gasteiger partial charge in [0.05, 0.1) is 11.0 Å². The van der Waals surface area contributed by atoms with E-state index in [1.54, 1.807) is 18.2 Å². The molecule has 5 heteroatoms. The zero-order valence-electron chi connectivity index (χ0n) is 15.5. The van der Waals surface area contributed by atoms with Gasteiger partial charge in [0.25, 0.3) is 0 Å². The van der Waals surface area contributed by atoms with Crippen molar-refractivity contribution in [3.8, 4) is 11.4 Å². The molecule has 1 aromatic heterocycles. The number of aromatic nitrogens is 2. The number of carbonyl (C=O) groups is 1. The Morgan fingerprint density at radius 2 is 1.68 bits per heavy atom. The Morgan fingerprint density at radius 1 is 1.04 bits per heavy atom. The van der Waals surface area contributed by atoms with Crippen LogP contribution in [0.1, 0.15) is 40.1 Å². The van der Waals surface area contributed by atoms with Crippen LogP contribution in [0.4, 0.5) is 0 Å². The summed E-state index contributed by atoms with van der Waals surface area (Å²) in [4.78, 5) is 19.1. The summed E-state index contributed by atoms with van der Waals surface area (Å²) >= 11 is 0. The first kappa shape index (κ1) is 17.9. The van der Waals surface area contributed by atoms with Crippen molar-refractivity contribution < 1.29 is 9.90 Å². The molecule has 1 amide bonds. The van der Waals surface area contributed by atoms with Crippen molar-refractivity contribution in [3.63, 3.8) is 0 Å². The van der Waals surface area contributed by atoms with Crippen molar-refractivity contribution in [2.75, 3.05) is 0 Å². The Morgan fingerprint density at radius 3 is 2.29 bits per heavy atom. The van der Waals surface area contributed by atoms with E-state index in [-0.39, 0.29) is 0 Å². The van der Waals surface area contributed by atoms with Crippen molar-refractivity contribution in [2.45, 2.75) is 19.4 Å². The van der Waals surface area contributed by atoms with Gasteiger partial charge in [-0.05, 0) is 41.3 Å². The number of nitrogens with zero attached hydrogens (tertiary/aromatic N) is 1. The lowest BCUT2D eigenvalue weighted by molar-refractivity contribution is 0.100. The number of carbonyl (C=O) groups excluding carboxylic acids is 1. The van der Waals surface area contributed by atoms with Crippen LogP contribution >= 0.6 is 0 Å². The molecule has 0 bridgehead atoms. The Balaban J connectivity index is 1.60. The van der Waals surface area contributed by atoms with E-state index in [0.717, 1.165) is 28.6 Å². The predicted octanol–water partition coefficient (Wildman–Crippen LogP) is 3.97. The number of rotatable bonds is 5. The Hall–Kier alpha value is -3.44. The first-order valence-corrected chi connectivity index (χ1v) is 9.22. The quantitative estimate of drug-likeness (QED) is 0.495. The Kier molecular flexibility index (Phi) is 4.67. The van der Waals surface area contributed by atoms with Gasteiger partial charge in [0, 0.05) is 11.1 Å². The van der Waals surface area contributed by atoms with Gasteiger partial charge >= 0.3 is 0 Å². The fourth-order valence-corrected chi connectivity index (χ4v) is 3.25. The molecule has 0 aliphatic rings. The van der Waals surface area contributed by atoms with E-state index in [4.69, 9.17) is 5.73 Å². The van der Waals surface area contributed by atoms with E-state index >= 15 is 0 Å². The largest absolute Gasteiger partial charge is 0.384 e. The van der Waals surface area contributed by atoms with Crippen molar-refractivity contribution >= 4 is 16.9 Å². The summed E-state index contributed by atoms with van der Waals surface area (Å²) in [6.07, 6.45) is 0.303. The lowest BCUT2D eigenvalue weighted by atomic mass is 9.99. The van der Waals surface area contributed by atoms with Gasteiger partial charge in [0.1, 0.15) is 11.9 Å². The number of aliphatic hydroxyl groups is 1. The summed E-state index contributed by atoms with van der Waals surface area (Å²) in [5, 5.41) is 10.6. The second-order valence-corrected chi connectivity index (χ2v) is 6.80. The molecule has 0 radical (unpaired) electrons. The number of amides is 1. The number of benzene rings is 3. The van der Waals surface area contributed by atoms with Gasteiger partial charge < -0.3 is 15.8 Å². The first-order chi connectivity index (χ1) is 13.5. The number of H-pyrrole nitrogens is 1. The molecule has 0 saturated carbocycles. The maximum atomic E-state index is 11.3. The van der Waals surface area contributed by atoms with Gasteiger partial charge in [-0.1, -0.05) is 55.5 Å². The average Bonchev–Trinajstić information content (AvgIpc) is 3.17. The number of hydrogen-bond donors (Lipinski definition) is 3. The molecule has 3 aromatic carbocycles. The number of nitrogens with two attached hydrogens (primary N) is 1. The van der Waals surface area contributed by atoms with Crippen LogP contribution < -0.4 is 5.73 Å². The lowest BCUT2D eigenvalue weighted by Crippen LogP contribution is -2.10. The molecular formula is C23H21N3O2. The molecule has 0 aliphatic heterocycles. The smallest absolute Gasteiger partial charge is 0.248 e. The van der Waals surface area contributed by atoms with Gasteiger partial charge in [-0.25, -0.2) is 4.98 Å². The molecule has 28 heavy (non-hydrogen) atoms. The molecule has 0 spiro atoms. The predicted molar refractivity (Wildman–Crippen MR) is 110 cm³/mol. The number of imidazole rings is 1. The van der Waals surface area contributed by atoms with E-state index < -0.39 is 12.0 Å². The van der Waals surface area contributed by atoms with Gasteiger partial charge in [-0.2, -0.15) is 0 Å². The summed E-state index contributed by atoms with van der Waals surface area (Å²) in [7, 11) is 0. The zero-order valence-corrected chi connectivity index (χ0v) is 15.5. The number of primary amides is 1. The Labute approximate surface area is 162 Å². The fraction of sp³-hybridized carbons (Fsp3) is 0.130. The minimum atomic E-state index is -0.672. The van der Waals surface area contributed by atoms with Crippen LogP contribution in [-0.4, -0.2) is 21.0 Å². The molecule has 0 saturated heterocycles. The van der Waals surface area contributed by atoms with Crippen LogP contribution in [0.5, 0.6) is 0 Å². The van der Waals surface area contributed by atoms with Crippen LogP contribution in [0.15, 0.2) is 66.7 Å². The van der Waals surface area contributed by atoms with Gasteiger partial charge in [-0.3, -0.25) is 4.79 Å². The maximum Gasteiger partial charge on any atom is 0.248 e. The van der Waals surface area contributed by atoms with Crippen LogP contribution in [-0.2, 0) is 6.42 Å². The van der Waals surface area contributed by atoms with E-state index in [1.165, 1.54) is 5.56 Å². The number of aliphatic hydroxyl groups excluding tert-OH is 1. The third-order valence-electron chi connectivity index (χ3n) is 4.97. The van der Waals surface area contributed by atoms with Crippen molar-refractivity contribution in [1.82, 2.24) is 9.97 Å². The minimum Gasteiger partial charge on any atom is -0.384 e. The minimum absolute atomic E-state index is 0.429. The topological polar surface area (TPSA) is 92.0 Å². The van der Waals surface area contributed by atoms with E-state index in [1.807, 2.05) is 48.5 Å². The van der Waals surface area contributed by atoms with Crippen LogP contribution in [0.3, 0.4) is 0 Å². The number of aryl methyl sites for hydroxylation is 1. The molecular weight excluding hydrogens is 350 g/mol. The summed E-state index contributed by atoms with van der Waals surface area (Å²) in [5.41, 5.74) is 11.1. The van der Waals surface area contributed by atoms with Gasteiger partial charge in [0.15, 0.2) is 0 Å². The number of nitrogens with one attached hydrogen (secondary N) is 1. The lowest BCUT2D eigenvalue weighted by Gasteiger charge is -2.12. The van der Waals surface area contributed by atoms with E-state index in [0.29, 0.717) is 16.9 Å². The van der Waals surface area contributed by atoms with Gasteiger partial charge in [0.2, 0.25) is 5.91 Å². The molecule has 1 atom stereocenters. The SMILES string of the molecule is CCc1ccc(C(O)c2ccc(-c3nc4cc(C(N)=O)ccc4[nH]3)cc2)cc1. The van der Waals surface area contributed by atoms with Crippen molar-refractivity contribution in [1.29, 1.82) is 0 Å². The number of aromatic amines is 1. The van der Waals surface area contributed by atoms with Crippen molar-refractivity contribution in [3.05, 3.63) is 89.0 Å². The van der Waals surface area contributed by atoms with Crippen LogP contribution in [0.2, 0.25) is 0 Å². The average molecular weight is 371 g/mol. The third kappa shape index (κ3) is 3.40. The zero-order chi connectivity index (χ0) is 19.7. The molecule has 4 rings (SSSR count). The van der Waals surface area contributed by atoms with Crippen LogP contribution in [0, 0.1) is 0 Å². The van der Waals surface area contributed by atoms with E-state index in [2.05, 4.69) is 16.9 Å². The summed E-state index contributed by atoms with van der Waals surface area (Å²) in [6, 6.07) is 20.8. The number of hydrogen-bond acceptors (Lipinski definition) is 3.